The van der Waals surface area contributed by atoms with E-state index in [-0.39, 0.29) is 5.56 Å². The van der Waals surface area contributed by atoms with Crippen LogP contribution in [0.2, 0.25) is 0 Å². The maximum Gasteiger partial charge on any atom is 0.144 e. The molecule has 0 saturated carbocycles. The first-order valence-electron chi connectivity index (χ1n) is 5.83. The van der Waals surface area contributed by atoms with Crippen molar-refractivity contribution in [1.82, 2.24) is 0 Å². The van der Waals surface area contributed by atoms with Gasteiger partial charge < -0.3 is 0 Å². The normalized spacial score (nSPS) is 10.7. The number of thioether (sulfide) groups is 1. The van der Waals surface area contributed by atoms with Gasteiger partial charge in [-0.25, -0.2) is 8.78 Å². The molecule has 0 aliphatic rings. The molecule has 0 atom stereocenters. The highest BCUT2D eigenvalue weighted by Crippen LogP contribution is 2.26. The van der Waals surface area contributed by atoms with Crippen molar-refractivity contribution < 1.29 is 8.78 Å². The molecule has 4 heteroatoms. The molecule has 2 rings (SSSR count). The van der Waals surface area contributed by atoms with Crippen LogP contribution in [0.1, 0.15) is 16.7 Å². The summed E-state index contributed by atoms with van der Waals surface area (Å²) >= 11 is 4.58. The molecule has 0 heterocycles. The van der Waals surface area contributed by atoms with Crippen LogP contribution in [0.5, 0.6) is 0 Å². The van der Waals surface area contributed by atoms with Crippen LogP contribution >= 0.6 is 27.7 Å². The zero-order valence-electron chi connectivity index (χ0n) is 10.4. The lowest BCUT2D eigenvalue weighted by molar-refractivity contribution is 0.562. The van der Waals surface area contributed by atoms with Gasteiger partial charge in [-0.15, -0.1) is 0 Å². The molecule has 0 unspecified atom stereocenters. The van der Waals surface area contributed by atoms with E-state index in [1.807, 2.05) is 25.1 Å². The number of hydrogen-bond acceptors (Lipinski definition) is 1. The molecule has 19 heavy (non-hydrogen) atoms. The Labute approximate surface area is 124 Å². The predicted octanol–water partition coefficient (Wildman–Crippen LogP) is 5.47. The van der Waals surface area contributed by atoms with Crippen molar-refractivity contribution in [3.05, 3.63) is 69.2 Å². The minimum Gasteiger partial charge on any atom is -0.207 e. The Hall–Kier alpha value is -0.870. The molecular formula is C15H13BrF2S. The molecule has 0 spiro atoms. The fraction of sp³-hybridized carbons (Fsp3) is 0.200. The van der Waals surface area contributed by atoms with Gasteiger partial charge in [-0.2, -0.15) is 11.8 Å². The summed E-state index contributed by atoms with van der Waals surface area (Å²) in [5, 5.41) is 0. The van der Waals surface area contributed by atoms with Gasteiger partial charge in [0.05, 0.1) is 4.47 Å². The van der Waals surface area contributed by atoms with E-state index >= 15 is 0 Å². The van der Waals surface area contributed by atoms with Gasteiger partial charge in [0.2, 0.25) is 0 Å². The summed E-state index contributed by atoms with van der Waals surface area (Å²) in [5.74, 6) is 0.0761. The number of rotatable bonds is 4. The molecule has 0 bridgehead atoms. The second-order valence-electron chi connectivity index (χ2n) is 4.30. The summed E-state index contributed by atoms with van der Waals surface area (Å²) < 4.78 is 27.6. The first-order valence-corrected chi connectivity index (χ1v) is 7.78. The Morgan fingerprint density at radius 1 is 1.11 bits per heavy atom. The highest BCUT2D eigenvalue weighted by atomic mass is 79.9. The number of hydrogen-bond donors (Lipinski definition) is 0. The Kier molecular flexibility index (Phi) is 4.99. The molecular weight excluding hydrogens is 330 g/mol. The van der Waals surface area contributed by atoms with Gasteiger partial charge in [0.25, 0.3) is 0 Å². The third kappa shape index (κ3) is 3.80. The molecule has 2 aromatic carbocycles. The lowest BCUT2D eigenvalue weighted by atomic mass is 10.2. The van der Waals surface area contributed by atoms with E-state index in [9.17, 15) is 8.78 Å². The quantitative estimate of drug-likeness (QED) is 0.664. The van der Waals surface area contributed by atoms with Gasteiger partial charge >= 0.3 is 0 Å². The van der Waals surface area contributed by atoms with Crippen LogP contribution < -0.4 is 0 Å². The molecule has 0 aromatic heterocycles. The van der Waals surface area contributed by atoms with Gasteiger partial charge in [-0.1, -0.05) is 29.8 Å². The van der Waals surface area contributed by atoms with E-state index in [4.69, 9.17) is 0 Å². The van der Waals surface area contributed by atoms with Crippen molar-refractivity contribution in [3.63, 3.8) is 0 Å². The van der Waals surface area contributed by atoms with Crippen LogP contribution in [0, 0.1) is 18.6 Å². The molecule has 0 N–H and O–H groups in total. The molecule has 0 aliphatic carbocycles. The average molecular weight is 343 g/mol. The maximum atomic E-state index is 13.8. The molecule has 100 valence electrons. The molecule has 2 aromatic rings. The Balaban J connectivity index is 2.02. The lowest BCUT2D eigenvalue weighted by Gasteiger charge is -2.07. The zero-order chi connectivity index (χ0) is 13.8. The van der Waals surface area contributed by atoms with Gasteiger partial charge in [0, 0.05) is 17.1 Å². The van der Waals surface area contributed by atoms with Gasteiger partial charge in [0.1, 0.15) is 11.6 Å². The van der Waals surface area contributed by atoms with E-state index < -0.39 is 11.6 Å². The van der Waals surface area contributed by atoms with Crippen LogP contribution in [0.25, 0.3) is 0 Å². The van der Waals surface area contributed by atoms with Crippen molar-refractivity contribution in [2.75, 3.05) is 0 Å². The molecule has 0 saturated heterocycles. The summed E-state index contributed by atoms with van der Waals surface area (Å²) in [6, 6.07) is 10.8. The van der Waals surface area contributed by atoms with Crippen molar-refractivity contribution in [1.29, 1.82) is 0 Å². The van der Waals surface area contributed by atoms with Crippen molar-refractivity contribution in [2.45, 2.75) is 18.4 Å². The Bertz CT molecular complexity index is 584. The minimum absolute atomic E-state index is 0.132. The fourth-order valence-electron chi connectivity index (χ4n) is 1.77. The highest BCUT2D eigenvalue weighted by Gasteiger charge is 2.12. The topological polar surface area (TPSA) is 0 Å². The van der Waals surface area contributed by atoms with Crippen molar-refractivity contribution in [3.8, 4) is 0 Å². The Morgan fingerprint density at radius 3 is 2.63 bits per heavy atom. The molecule has 0 fully saturated rings. The average Bonchev–Trinajstić information content (AvgIpc) is 2.38. The first-order chi connectivity index (χ1) is 9.08. The highest BCUT2D eigenvalue weighted by molar-refractivity contribution is 9.10. The standard InChI is InChI=1S/C15H13BrF2S/c1-10-3-2-4-11(7-10)8-19-9-12-14(17)6-5-13(16)15(12)18/h2-7H,8-9H2,1H3. The Morgan fingerprint density at radius 2 is 1.89 bits per heavy atom. The van der Waals surface area contributed by atoms with Crippen LogP contribution in [0.4, 0.5) is 8.78 Å². The number of benzene rings is 2. The van der Waals surface area contributed by atoms with Crippen LogP contribution in [-0.2, 0) is 11.5 Å². The van der Waals surface area contributed by atoms with Crippen LogP contribution in [0.3, 0.4) is 0 Å². The number of aryl methyl sites for hydroxylation is 1. The SMILES string of the molecule is Cc1cccc(CSCc2c(F)ccc(Br)c2F)c1. The zero-order valence-corrected chi connectivity index (χ0v) is 12.8. The maximum absolute atomic E-state index is 13.8. The second-order valence-corrected chi connectivity index (χ2v) is 6.14. The lowest BCUT2D eigenvalue weighted by Crippen LogP contribution is -1.95. The van der Waals surface area contributed by atoms with Crippen molar-refractivity contribution >= 4 is 27.7 Å². The molecule has 0 amide bonds. The monoisotopic (exact) mass is 342 g/mol. The van der Waals surface area contributed by atoms with E-state index in [1.54, 1.807) is 0 Å². The summed E-state index contributed by atoms with van der Waals surface area (Å²) in [6.45, 7) is 2.03. The first kappa shape index (κ1) is 14.5. The third-order valence-corrected chi connectivity index (χ3v) is 4.38. The number of halogens is 3. The van der Waals surface area contributed by atoms with Gasteiger partial charge in [0.15, 0.2) is 0 Å². The van der Waals surface area contributed by atoms with Gasteiger partial charge in [-0.3, -0.25) is 0 Å². The van der Waals surface area contributed by atoms with Crippen LogP contribution in [-0.4, -0.2) is 0 Å². The summed E-state index contributed by atoms with van der Waals surface area (Å²) in [4.78, 5) is 0. The largest absolute Gasteiger partial charge is 0.207 e. The third-order valence-electron chi connectivity index (χ3n) is 2.74. The molecule has 0 radical (unpaired) electrons. The van der Waals surface area contributed by atoms with Crippen LogP contribution in [0.15, 0.2) is 40.9 Å². The molecule has 0 nitrogen and oxygen atoms in total. The second kappa shape index (κ2) is 6.53. The smallest absolute Gasteiger partial charge is 0.144 e. The van der Waals surface area contributed by atoms with E-state index in [0.717, 1.165) is 5.75 Å². The molecule has 0 aliphatic heterocycles. The summed E-state index contributed by atoms with van der Waals surface area (Å²) in [5.41, 5.74) is 2.49. The van der Waals surface area contributed by atoms with E-state index in [0.29, 0.717) is 10.2 Å². The summed E-state index contributed by atoms with van der Waals surface area (Å²) in [7, 11) is 0. The fourth-order valence-corrected chi connectivity index (χ4v) is 3.13. The minimum atomic E-state index is -0.503. The predicted molar refractivity (Wildman–Crippen MR) is 80.2 cm³/mol. The summed E-state index contributed by atoms with van der Waals surface area (Å²) in [6.07, 6.45) is 0. The van der Waals surface area contributed by atoms with E-state index in [1.165, 1.54) is 35.0 Å². The van der Waals surface area contributed by atoms with E-state index in [2.05, 4.69) is 22.0 Å². The van der Waals surface area contributed by atoms with Gasteiger partial charge in [-0.05, 0) is 40.5 Å². The van der Waals surface area contributed by atoms with Crippen molar-refractivity contribution in [2.24, 2.45) is 0 Å².